The van der Waals surface area contributed by atoms with Crippen LogP contribution >= 0.6 is 11.3 Å². The van der Waals surface area contributed by atoms with Gasteiger partial charge in [-0.1, -0.05) is 13.8 Å². The van der Waals surface area contributed by atoms with Gasteiger partial charge in [0.05, 0.1) is 22.4 Å². The van der Waals surface area contributed by atoms with Crippen molar-refractivity contribution in [3.05, 3.63) is 23.2 Å². The molecule has 0 aliphatic heterocycles. The minimum absolute atomic E-state index is 0.103. The molecule has 142 valence electrons. The van der Waals surface area contributed by atoms with Crippen molar-refractivity contribution in [3.8, 4) is 5.75 Å². The average molecular weight is 379 g/mol. The van der Waals surface area contributed by atoms with Crippen LogP contribution in [-0.2, 0) is 9.53 Å². The maximum Gasteiger partial charge on any atom is 0.408 e. The number of carbonyl (C=O) groups excluding carboxylic acids is 2. The number of aromatic nitrogens is 1. The zero-order valence-corrected chi connectivity index (χ0v) is 16.4. The normalized spacial score (nSPS) is 13.7. The van der Waals surface area contributed by atoms with Gasteiger partial charge in [-0.2, -0.15) is 0 Å². The van der Waals surface area contributed by atoms with Crippen LogP contribution in [0.25, 0.3) is 10.2 Å². The van der Waals surface area contributed by atoms with Crippen LogP contribution in [0.15, 0.2) is 18.2 Å². The molecule has 3 N–H and O–H groups in total. The lowest BCUT2D eigenvalue weighted by Crippen LogP contribution is -2.50. The lowest BCUT2D eigenvalue weighted by Gasteiger charge is -2.23. The van der Waals surface area contributed by atoms with Crippen LogP contribution in [0.4, 0.5) is 4.79 Å². The second-order valence-electron chi connectivity index (χ2n) is 6.75. The molecule has 0 saturated heterocycles. The molecule has 8 heteroatoms. The van der Waals surface area contributed by atoms with Crippen LogP contribution in [0, 0.1) is 5.92 Å². The van der Waals surface area contributed by atoms with Crippen LogP contribution in [-0.4, -0.2) is 34.2 Å². The number of nitrogens with zero attached hydrogens (tertiary/aromatic N) is 1. The van der Waals surface area contributed by atoms with Crippen molar-refractivity contribution < 1.29 is 19.4 Å². The Labute approximate surface area is 156 Å². The highest BCUT2D eigenvalue weighted by Crippen LogP contribution is 2.29. The van der Waals surface area contributed by atoms with E-state index in [0.29, 0.717) is 0 Å². The van der Waals surface area contributed by atoms with Gasteiger partial charge in [0.25, 0.3) is 0 Å². The van der Waals surface area contributed by atoms with Gasteiger partial charge in [-0.25, -0.2) is 9.78 Å². The summed E-state index contributed by atoms with van der Waals surface area (Å²) in [7, 11) is 0. The SMILES string of the molecule is CC(C)OC(=O)N[C@H](C(=O)N[C@H](C)c1nc2ccc(O)cc2s1)C(C)C. The Hall–Kier alpha value is -2.35. The lowest BCUT2D eigenvalue weighted by atomic mass is 10.0. The molecule has 2 aromatic rings. The van der Waals surface area contributed by atoms with E-state index in [1.54, 1.807) is 32.0 Å². The van der Waals surface area contributed by atoms with E-state index in [0.717, 1.165) is 15.2 Å². The highest BCUT2D eigenvalue weighted by atomic mass is 32.1. The fraction of sp³-hybridized carbons (Fsp3) is 0.500. The summed E-state index contributed by atoms with van der Waals surface area (Å²) in [6, 6.07) is 3.92. The molecule has 2 rings (SSSR count). The van der Waals surface area contributed by atoms with Gasteiger partial charge >= 0.3 is 6.09 Å². The molecule has 0 radical (unpaired) electrons. The van der Waals surface area contributed by atoms with Gasteiger partial charge in [0.15, 0.2) is 0 Å². The van der Waals surface area contributed by atoms with Gasteiger partial charge in [0.1, 0.15) is 16.8 Å². The van der Waals surface area contributed by atoms with Crippen molar-refractivity contribution in [1.29, 1.82) is 0 Å². The zero-order chi connectivity index (χ0) is 19.4. The summed E-state index contributed by atoms with van der Waals surface area (Å²) < 4.78 is 5.91. The lowest BCUT2D eigenvalue weighted by molar-refractivity contribution is -0.124. The van der Waals surface area contributed by atoms with Gasteiger partial charge in [0, 0.05) is 0 Å². The summed E-state index contributed by atoms with van der Waals surface area (Å²) in [5, 5.41) is 15.8. The van der Waals surface area contributed by atoms with E-state index in [1.165, 1.54) is 11.3 Å². The van der Waals surface area contributed by atoms with E-state index in [1.807, 2.05) is 20.8 Å². The Morgan fingerprint density at radius 2 is 1.85 bits per heavy atom. The number of fused-ring (bicyclic) bond motifs is 1. The Bertz CT molecular complexity index is 788. The number of thiazole rings is 1. The molecule has 0 spiro atoms. The Morgan fingerprint density at radius 3 is 2.46 bits per heavy atom. The molecule has 7 nitrogen and oxygen atoms in total. The van der Waals surface area contributed by atoms with Crippen molar-refractivity contribution in [2.24, 2.45) is 5.92 Å². The minimum Gasteiger partial charge on any atom is -0.508 e. The van der Waals surface area contributed by atoms with Gasteiger partial charge in [-0.15, -0.1) is 11.3 Å². The van der Waals surface area contributed by atoms with Gasteiger partial charge < -0.3 is 20.5 Å². The molecule has 1 aromatic heterocycles. The number of hydrogen-bond donors (Lipinski definition) is 3. The maximum absolute atomic E-state index is 12.6. The van der Waals surface area contributed by atoms with Crippen molar-refractivity contribution >= 4 is 33.6 Å². The summed E-state index contributed by atoms with van der Waals surface area (Å²) >= 11 is 1.41. The number of benzene rings is 1. The number of alkyl carbamates (subject to hydrolysis) is 1. The first-order chi connectivity index (χ1) is 12.2. The Balaban J connectivity index is 2.07. The first-order valence-corrected chi connectivity index (χ1v) is 9.36. The summed E-state index contributed by atoms with van der Waals surface area (Å²) in [4.78, 5) is 28.9. The number of nitrogens with one attached hydrogen (secondary N) is 2. The van der Waals surface area contributed by atoms with Crippen LogP contribution in [0.2, 0.25) is 0 Å². The quantitative estimate of drug-likeness (QED) is 0.715. The topological polar surface area (TPSA) is 101 Å². The number of amides is 2. The molecule has 0 saturated carbocycles. The second-order valence-corrected chi connectivity index (χ2v) is 7.82. The standard InChI is InChI=1S/C18H25N3O4S/c1-9(2)15(21-18(24)25-10(3)4)16(23)19-11(5)17-20-13-7-6-12(22)8-14(13)26-17/h6-11,15,22H,1-5H3,(H,19,23)(H,21,24)/t11-,15+/m1/s1. The summed E-state index contributed by atoms with van der Waals surface area (Å²) in [5.41, 5.74) is 0.767. The van der Waals surface area contributed by atoms with Gasteiger partial charge in [-0.05, 0) is 44.9 Å². The molecule has 2 amide bonds. The zero-order valence-electron chi connectivity index (χ0n) is 15.6. The van der Waals surface area contributed by atoms with E-state index < -0.39 is 12.1 Å². The molecule has 0 bridgehead atoms. The van der Waals surface area contributed by atoms with Crippen LogP contribution in [0.1, 0.15) is 45.7 Å². The molecule has 1 aromatic carbocycles. The molecule has 26 heavy (non-hydrogen) atoms. The fourth-order valence-corrected chi connectivity index (χ4v) is 3.39. The highest BCUT2D eigenvalue weighted by Gasteiger charge is 2.27. The molecule has 0 fully saturated rings. The first-order valence-electron chi connectivity index (χ1n) is 8.54. The number of phenols is 1. The Morgan fingerprint density at radius 1 is 1.15 bits per heavy atom. The minimum atomic E-state index is -0.706. The van der Waals surface area contributed by atoms with Crippen molar-refractivity contribution in [2.75, 3.05) is 0 Å². The molecule has 1 heterocycles. The van der Waals surface area contributed by atoms with Crippen LogP contribution in [0.3, 0.4) is 0 Å². The summed E-state index contributed by atoms with van der Waals surface area (Å²) in [6.45, 7) is 9.03. The van der Waals surface area contributed by atoms with Crippen LogP contribution in [0.5, 0.6) is 5.75 Å². The number of hydrogen-bond acceptors (Lipinski definition) is 6. The monoisotopic (exact) mass is 379 g/mol. The number of phenolic OH excluding ortho intramolecular Hbond substituents is 1. The van der Waals surface area contributed by atoms with E-state index in [-0.39, 0.29) is 29.7 Å². The van der Waals surface area contributed by atoms with Crippen LogP contribution < -0.4 is 10.6 Å². The maximum atomic E-state index is 12.6. The predicted octanol–water partition coefficient (Wildman–Crippen LogP) is 3.34. The van der Waals surface area contributed by atoms with Gasteiger partial charge in [0.2, 0.25) is 5.91 Å². The molecule has 0 aliphatic rings. The van der Waals surface area contributed by atoms with Crippen molar-refractivity contribution in [3.63, 3.8) is 0 Å². The molecule has 0 aliphatic carbocycles. The third kappa shape index (κ3) is 5.08. The number of ether oxygens (including phenoxy) is 1. The van der Waals surface area contributed by atoms with Gasteiger partial charge in [-0.3, -0.25) is 4.79 Å². The third-order valence-corrected chi connectivity index (χ3v) is 4.88. The molecule has 2 atom stereocenters. The van der Waals surface area contributed by atoms with Crippen molar-refractivity contribution in [2.45, 2.75) is 52.8 Å². The molecular formula is C18H25N3O4S. The smallest absolute Gasteiger partial charge is 0.408 e. The third-order valence-electron chi connectivity index (χ3n) is 3.68. The first kappa shape index (κ1) is 20.0. The summed E-state index contributed by atoms with van der Waals surface area (Å²) in [6.07, 6.45) is -0.874. The average Bonchev–Trinajstić information content (AvgIpc) is 2.94. The molecule has 0 unspecified atom stereocenters. The second kappa shape index (κ2) is 8.35. The Kier molecular flexibility index (Phi) is 6.42. The predicted molar refractivity (Wildman–Crippen MR) is 101 cm³/mol. The number of carbonyl (C=O) groups is 2. The van der Waals surface area contributed by atoms with E-state index in [4.69, 9.17) is 4.74 Å². The molecular weight excluding hydrogens is 354 g/mol. The number of aromatic hydroxyl groups is 1. The summed E-state index contributed by atoms with van der Waals surface area (Å²) in [5.74, 6) is -0.221. The van der Waals surface area contributed by atoms with E-state index in [9.17, 15) is 14.7 Å². The highest BCUT2D eigenvalue weighted by molar-refractivity contribution is 7.18. The van der Waals surface area contributed by atoms with Crippen molar-refractivity contribution in [1.82, 2.24) is 15.6 Å². The largest absolute Gasteiger partial charge is 0.508 e. The number of rotatable bonds is 6. The van der Waals surface area contributed by atoms with E-state index >= 15 is 0 Å². The fourth-order valence-electron chi connectivity index (χ4n) is 2.39. The van der Waals surface area contributed by atoms with E-state index in [2.05, 4.69) is 15.6 Å².